The number of rotatable bonds is 26. The zero-order valence-corrected chi connectivity index (χ0v) is 24.6. The second kappa shape index (κ2) is 35.1. The summed E-state index contributed by atoms with van der Waals surface area (Å²) in [5.41, 5.74) is 0. The van der Waals surface area contributed by atoms with E-state index in [-0.39, 0.29) is 7.43 Å². The molecule has 0 saturated heterocycles. The normalized spacial score (nSPS) is 11.7. The third-order valence-corrected chi connectivity index (χ3v) is 7.03. The molecule has 1 unspecified atom stereocenters. The number of hydrogen-bond acceptors (Lipinski definition) is 1. The topological polar surface area (TPSA) is 12.0 Å². The molecule has 0 radical (unpaired) electrons. The van der Waals surface area contributed by atoms with Crippen molar-refractivity contribution in [3.8, 4) is 0 Å². The lowest BCUT2D eigenvalue weighted by Crippen LogP contribution is -2.13. The summed E-state index contributed by atoms with van der Waals surface area (Å²) in [6.07, 6.45) is 32.2. The molecular weight excluding hydrogens is 410 g/mol. The third kappa shape index (κ3) is 36.5. The predicted molar refractivity (Wildman–Crippen MR) is 162 cm³/mol. The molecule has 0 aliphatic heterocycles. The molecule has 34 heavy (non-hydrogen) atoms. The van der Waals surface area contributed by atoms with Gasteiger partial charge < -0.3 is 5.32 Å². The highest BCUT2D eigenvalue weighted by atomic mass is 14.8. The van der Waals surface area contributed by atoms with Crippen LogP contribution in [0.1, 0.15) is 190 Å². The van der Waals surface area contributed by atoms with Crippen LogP contribution in [-0.4, -0.2) is 13.1 Å². The Morgan fingerprint density at radius 2 is 0.735 bits per heavy atom. The highest BCUT2D eigenvalue weighted by Gasteiger charge is 2.02. The molecule has 0 spiro atoms. The van der Waals surface area contributed by atoms with Crippen molar-refractivity contribution in [1.82, 2.24) is 5.32 Å². The second-order valence-corrected chi connectivity index (χ2v) is 10.9. The lowest BCUT2D eigenvalue weighted by atomic mass is 9.96. The first-order chi connectivity index (χ1) is 16.2. The summed E-state index contributed by atoms with van der Waals surface area (Å²) in [6.45, 7) is 15.7. The van der Waals surface area contributed by atoms with Gasteiger partial charge in [0.15, 0.2) is 0 Å². The lowest BCUT2D eigenvalue weighted by Gasteiger charge is -2.11. The van der Waals surface area contributed by atoms with Gasteiger partial charge in [0, 0.05) is 0 Å². The van der Waals surface area contributed by atoms with E-state index in [1.54, 1.807) is 0 Å². The molecular formula is C33H73N. The second-order valence-electron chi connectivity index (χ2n) is 10.9. The van der Waals surface area contributed by atoms with E-state index in [0.29, 0.717) is 0 Å². The highest BCUT2D eigenvalue weighted by molar-refractivity contribution is 4.56. The van der Waals surface area contributed by atoms with Crippen molar-refractivity contribution in [2.75, 3.05) is 13.1 Å². The van der Waals surface area contributed by atoms with Crippen LogP contribution in [0.15, 0.2) is 0 Å². The van der Waals surface area contributed by atoms with Crippen LogP contribution in [0.25, 0.3) is 0 Å². The largest absolute Gasteiger partial charge is 0.317 e. The van der Waals surface area contributed by atoms with E-state index in [0.717, 1.165) is 18.4 Å². The average Bonchev–Trinajstić information content (AvgIpc) is 2.81. The molecule has 0 aromatic heterocycles. The van der Waals surface area contributed by atoms with Crippen LogP contribution < -0.4 is 5.32 Å². The predicted octanol–water partition coefficient (Wildman–Crippen LogP) is 12.1. The van der Waals surface area contributed by atoms with Gasteiger partial charge in [0.05, 0.1) is 0 Å². The van der Waals surface area contributed by atoms with Gasteiger partial charge in [-0.1, -0.05) is 184 Å². The van der Waals surface area contributed by atoms with Gasteiger partial charge in [0.1, 0.15) is 0 Å². The first-order valence-corrected chi connectivity index (χ1v) is 15.9. The minimum Gasteiger partial charge on any atom is -0.317 e. The van der Waals surface area contributed by atoms with Crippen molar-refractivity contribution in [3.63, 3.8) is 0 Å². The minimum atomic E-state index is 0. The maximum Gasteiger partial charge on any atom is -0.00490 e. The maximum atomic E-state index is 3.43. The van der Waals surface area contributed by atoms with Gasteiger partial charge >= 0.3 is 0 Å². The van der Waals surface area contributed by atoms with Gasteiger partial charge in [-0.2, -0.15) is 0 Å². The average molecular weight is 484 g/mol. The fourth-order valence-corrected chi connectivity index (χ4v) is 4.76. The van der Waals surface area contributed by atoms with Crippen molar-refractivity contribution in [1.29, 1.82) is 0 Å². The van der Waals surface area contributed by atoms with Crippen molar-refractivity contribution in [3.05, 3.63) is 0 Å². The van der Waals surface area contributed by atoms with E-state index < -0.39 is 0 Å². The van der Waals surface area contributed by atoms with E-state index in [2.05, 4.69) is 33.0 Å². The number of hydrogen-bond donors (Lipinski definition) is 1. The first-order valence-electron chi connectivity index (χ1n) is 15.9. The fraction of sp³-hybridized carbons (Fsp3) is 1.00. The third-order valence-electron chi connectivity index (χ3n) is 7.03. The molecule has 0 aliphatic carbocycles. The summed E-state index contributed by atoms with van der Waals surface area (Å²) >= 11 is 0. The zero-order chi connectivity index (χ0) is 24.8. The van der Waals surface area contributed by atoms with Crippen LogP contribution in [-0.2, 0) is 0 Å². The minimum absolute atomic E-state index is 0. The molecule has 0 aromatic rings. The van der Waals surface area contributed by atoms with Crippen LogP contribution in [0.3, 0.4) is 0 Å². The fourth-order valence-electron chi connectivity index (χ4n) is 4.76. The monoisotopic (exact) mass is 484 g/mol. The van der Waals surface area contributed by atoms with Crippen molar-refractivity contribution >= 4 is 0 Å². The Hall–Kier alpha value is -0.0400. The van der Waals surface area contributed by atoms with Crippen LogP contribution in [0, 0.1) is 11.8 Å². The summed E-state index contributed by atoms with van der Waals surface area (Å²) in [4.78, 5) is 0. The molecule has 0 saturated carbocycles. The summed E-state index contributed by atoms with van der Waals surface area (Å²) in [5, 5.41) is 3.43. The van der Waals surface area contributed by atoms with E-state index in [9.17, 15) is 0 Å². The van der Waals surface area contributed by atoms with Crippen molar-refractivity contribution < 1.29 is 0 Å². The van der Waals surface area contributed by atoms with Crippen LogP contribution >= 0.6 is 0 Å². The molecule has 0 fully saturated rings. The summed E-state index contributed by atoms with van der Waals surface area (Å²) in [6, 6.07) is 0. The quantitative estimate of drug-likeness (QED) is 0.121. The van der Waals surface area contributed by atoms with Crippen LogP contribution in [0.5, 0.6) is 0 Å². The molecule has 0 aliphatic rings. The summed E-state index contributed by atoms with van der Waals surface area (Å²) in [7, 11) is 0. The number of unbranched alkanes of at least 4 members (excludes halogenated alkanes) is 17. The van der Waals surface area contributed by atoms with Gasteiger partial charge in [-0.3, -0.25) is 0 Å². The molecule has 1 atom stereocenters. The SMILES string of the molecule is C.CC.CCNCCCCCC(C)CCCCCCCCCCCCCCCCCCC(C)C. The van der Waals surface area contributed by atoms with Gasteiger partial charge in [0.25, 0.3) is 0 Å². The van der Waals surface area contributed by atoms with Crippen molar-refractivity contribution in [2.24, 2.45) is 11.8 Å². The summed E-state index contributed by atoms with van der Waals surface area (Å²) in [5.74, 6) is 1.84. The Balaban J connectivity index is -0.00000311. The maximum absolute atomic E-state index is 3.43. The Morgan fingerprint density at radius 1 is 0.441 bits per heavy atom. The smallest absolute Gasteiger partial charge is 0.00490 e. The molecule has 1 heteroatoms. The Bertz CT molecular complexity index is 312. The van der Waals surface area contributed by atoms with Gasteiger partial charge in [-0.15, -0.1) is 0 Å². The van der Waals surface area contributed by atoms with Crippen LogP contribution in [0.4, 0.5) is 0 Å². The molecule has 0 aromatic carbocycles. The van der Waals surface area contributed by atoms with E-state index in [4.69, 9.17) is 0 Å². The molecule has 0 heterocycles. The highest BCUT2D eigenvalue weighted by Crippen LogP contribution is 2.18. The molecule has 0 amide bonds. The first kappa shape index (κ1) is 38.5. The molecule has 0 bridgehead atoms. The van der Waals surface area contributed by atoms with E-state index in [1.807, 2.05) is 13.8 Å². The Morgan fingerprint density at radius 3 is 1.06 bits per heavy atom. The molecule has 1 nitrogen and oxygen atoms in total. The standard InChI is InChI=1S/C30H63N.C2H6.CH4/c1-5-31-28-24-20-23-27-30(4)26-22-19-17-15-13-11-9-7-6-8-10-12-14-16-18-21-25-29(2)3;1-2;/h29-31H,5-28H2,1-4H3;1-2H3;1H4. The molecule has 1 N–H and O–H groups in total. The summed E-state index contributed by atoms with van der Waals surface area (Å²) < 4.78 is 0. The van der Waals surface area contributed by atoms with Crippen LogP contribution in [0.2, 0.25) is 0 Å². The van der Waals surface area contributed by atoms with Gasteiger partial charge in [-0.25, -0.2) is 0 Å². The van der Waals surface area contributed by atoms with Crippen molar-refractivity contribution in [2.45, 2.75) is 190 Å². The van der Waals surface area contributed by atoms with E-state index in [1.165, 1.54) is 148 Å². The van der Waals surface area contributed by atoms with Gasteiger partial charge in [-0.05, 0) is 31.3 Å². The Kier molecular flexibility index (Phi) is 39.8. The zero-order valence-electron chi connectivity index (χ0n) is 24.6. The van der Waals surface area contributed by atoms with E-state index >= 15 is 0 Å². The molecule has 210 valence electrons. The number of nitrogens with one attached hydrogen (secondary N) is 1. The molecule has 0 rings (SSSR count). The Labute approximate surface area is 220 Å². The van der Waals surface area contributed by atoms with Gasteiger partial charge in [0.2, 0.25) is 0 Å². The lowest BCUT2D eigenvalue weighted by molar-refractivity contribution is 0.432.